The first-order chi connectivity index (χ1) is 8.93. The molecule has 0 radical (unpaired) electrons. The third-order valence-corrected chi connectivity index (χ3v) is 3.56. The van der Waals surface area contributed by atoms with Gasteiger partial charge in [-0.25, -0.2) is 0 Å². The van der Waals surface area contributed by atoms with E-state index in [9.17, 15) is 15.2 Å². The second-order valence-electron chi connectivity index (χ2n) is 5.10. The maximum Gasteiger partial charge on any atom is 0.273 e. The van der Waals surface area contributed by atoms with Crippen molar-refractivity contribution in [3.8, 4) is 5.75 Å². The van der Waals surface area contributed by atoms with Gasteiger partial charge in [0.15, 0.2) is 0 Å². The molecule has 0 aliphatic carbocycles. The number of hydrogen-bond donors (Lipinski definition) is 1. The van der Waals surface area contributed by atoms with Gasteiger partial charge in [-0.05, 0) is 25.8 Å². The Bertz CT molecular complexity index is 478. The fraction of sp³-hybridized carbons (Fsp3) is 0.538. The fourth-order valence-electron chi connectivity index (χ4n) is 2.27. The van der Waals surface area contributed by atoms with Crippen LogP contribution in [0.15, 0.2) is 18.2 Å². The highest BCUT2D eigenvalue weighted by atomic mass is 16.6. The molecule has 0 amide bonds. The Hall–Kier alpha value is -1.82. The third-order valence-electron chi connectivity index (χ3n) is 3.56. The number of methoxy groups -OCH3 is 1. The highest BCUT2D eigenvalue weighted by Gasteiger charge is 2.28. The molecule has 1 aliphatic heterocycles. The van der Waals surface area contributed by atoms with Gasteiger partial charge in [0, 0.05) is 19.2 Å². The van der Waals surface area contributed by atoms with Crippen molar-refractivity contribution in [1.82, 2.24) is 0 Å². The first-order valence-electron chi connectivity index (χ1n) is 6.23. The lowest BCUT2D eigenvalue weighted by Crippen LogP contribution is -2.42. The van der Waals surface area contributed by atoms with Crippen molar-refractivity contribution in [2.45, 2.75) is 25.4 Å². The normalized spacial score (nSPS) is 18.2. The zero-order valence-electron chi connectivity index (χ0n) is 11.1. The van der Waals surface area contributed by atoms with Crippen LogP contribution >= 0.6 is 0 Å². The van der Waals surface area contributed by atoms with Crippen LogP contribution in [0.25, 0.3) is 0 Å². The molecule has 1 aliphatic rings. The lowest BCUT2D eigenvalue weighted by Gasteiger charge is -2.37. The standard InChI is InChI=1S/C13H18N2O4/c1-13(16)5-7-14(8-6-13)11-4-3-10(15(17)18)9-12(11)19-2/h3-4,9,16H,5-8H2,1-2H3. The Balaban J connectivity index is 2.23. The van der Waals surface area contributed by atoms with Gasteiger partial charge in [0.05, 0.1) is 29.4 Å². The molecule has 0 bridgehead atoms. The second-order valence-corrected chi connectivity index (χ2v) is 5.10. The molecule has 0 atom stereocenters. The largest absolute Gasteiger partial charge is 0.494 e. The van der Waals surface area contributed by atoms with E-state index in [1.807, 2.05) is 6.92 Å². The highest BCUT2D eigenvalue weighted by Crippen LogP contribution is 2.35. The van der Waals surface area contributed by atoms with Crippen LogP contribution in [-0.4, -0.2) is 35.8 Å². The molecule has 2 rings (SSSR count). The van der Waals surface area contributed by atoms with Crippen LogP contribution in [0, 0.1) is 10.1 Å². The van der Waals surface area contributed by atoms with Gasteiger partial charge in [-0.15, -0.1) is 0 Å². The first-order valence-corrected chi connectivity index (χ1v) is 6.23. The van der Waals surface area contributed by atoms with Gasteiger partial charge >= 0.3 is 0 Å². The number of non-ortho nitro benzene ring substituents is 1. The number of rotatable bonds is 3. The van der Waals surface area contributed by atoms with E-state index < -0.39 is 10.5 Å². The van der Waals surface area contributed by atoms with Crippen molar-refractivity contribution < 1.29 is 14.8 Å². The molecule has 6 nitrogen and oxygen atoms in total. The second kappa shape index (κ2) is 5.05. The number of hydrogen-bond acceptors (Lipinski definition) is 5. The molecule has 0 saturated carbocycles. The summed E-state index contributed by atoms with van der Waals surface area (Å²) in [7, 11) is 1.50. The average Bonchev–Trinajstić information content (AvgIpc) is 2.38. The number of aliphatic hydroxyl groups is 1. The number of benzene rings is 1. The van der Waals surface area contributed by atoms with Crippen LogP contribution in [-0.2, 0) is 0 Å². The monoisotopic (exact) mass is 266 g/mol. The maximum absolute atomic E-state index is 10.7. The summed E-state index contributed by atoms with van der Waals surface area (Å²) in [6, 6.07) is 4.61. The average molecular weight is 266 g/mol. The highest BCUT2D eigenvalue weighted by molar-refractivity contribution is 5.62. The van der Waals surface area contributed by atoms with E-state index in [4.69, 9.17) is 4.74 Å². The fourth-order valence-corrected chi connectivity index (χ4v) is 2.27. The van der Waals surface area contributed by atoms with Crippen LogP contribution in [0.2, 0.25) is 0 Å². The van der Waals surface area contributed by atoms with Crippen LogP contribution in [0.3, 0.4) is 0 Å². The Morgan fingerprint density at radius 2 is 2.05 bits per heavy atom. The molecule has 1 N–H and O–H groups in total. The number of nitro benzene ring substituents is 1. The van der Waals surface area contributed by atoms with E-state index in [1.165, 1.54) is 19.2 Å². The molecule has 0 aromatic heterocycles. The minimum atomic E-state index is -0.621. The molecular formula is C13H18N2O4. The van der Waals surface area contributed by atoms with Gasteiger partial charge in [0.25, 0.3) is 5.69 Å². The molecule has 0 spiro atoms. The summed E-state index contributed by atoms with van der Waals surface area (Å²) in [5.74, 6) is 0.496. The summed E-state index contributed by atoms with van der Waals surface area (Å²) in [4.78, 5) is 12.4. The van der Waals surface area contributed by atoms with Crippen molar-refractivity contribution in [3.05, 3.63) is 28.3 Å². The lowest BCUT2D eigenvalue weighted by molar-refractivity contribution is -0.384. The predicted molar refractivity (Wildman–Crippen MR) is 71.7 cm³/mol. The number of ether oxygens (including phenoxy) is 1. The lowest BCUT2D eigenvalue weighted by atomic mass is 9.93. The van der Waals surface area contributed by atoms with E-state index in [0.717, 1.165) is 5.69 Å². The van der Waals surface area contributed by atoms with Crippen molar-refractivity contribution in [3.63, 3.8) is 0 Å². The van der Waals surface area contributed by atoms with E-state index in [-0.39, 0.29) is 5.69 Å². The summed E-state index contributed by atoms with van der Waals surface area (Å²) in [6.45, 7) is 3.25. The van der Waals surface area contributed by atoms with Gasteiger partial charge in [0.2, 0.25) is 0 Å². The zero-order chi connectivity index (χ0) is 14.0. The van der Waals surface area contributed by atoms with Crippen molar-refractivity contribution in [2.24, 2.45) is 0 Å². The van der Waals surface area contributed by atoms with Crippen LogP contribution in [0.5, 0.6) is 5.75 Å². The minimum absolute atomic E-state index is 0.0182. The van der Waals surface area contributed by atoms with E-state index in [2.05, 4.69) is 4.90 Å². The zero-order valence-corrected chi connectivity index (χ0v) is 11.1. The smallest absolute Gasteiger partial charge is 0.273 e. The topological polar surface area (TPSA) is 75.8 Å². The summed E-state index contributed by atoms with van der Waals surface area (Å²) in [5.41, 5.74) is 0.234. The van der Waals surface area contributed by atoms with E-state index in [1.54, 1.807) is 6.07 Å². The Morgan fingerprint density at radius 3 is 2.58 bits per heavy atom. The van der Waals surface area contributed by atoms with E-state index in [0.29, 0.717) is 31.7 Å². The van der Waals surface area contributed by atoms with Gasteiger partial charge in [0.1, 0.15) is 5.75 Å². The number of piperidine rings is 1. The van der Waals surface area contributed by atoms with Crippen LogP contribution in [0.4, 0.5) is 11.4 Å². The summed E-state index contributed by atoms with van der Waals surface area (Å²) in [6.07, 6.45) is 1.35. The van der Waals surface area contributed by atoms with Gasteiger partial charge < -0.3 is 14.7 Å². The molecule has 0 unspecified atom stereocenters. The maximum atomic E-state index is 10.7. The molecule has 1 heterocycles. The Kier molecular flexibility index (Phi) is 3.61. The van der Waals surface area contributed by atoms with Gasteiger partial charge in [-0.2, -0.15) is 0 Å². The molecule has 19 heavy (non-hydrogen) atoms. The van der Waals surface area contributed by atoms with E-state index >= 15 is 0 Å². The summed E-state index contributed by atoms with van der Waals surface area (Å²) < 4.78 is 5.23. The first kappa shape index (κ1) is 13.6. The number of anilines is 1. The predicted octanol–water partition coefficient (Wildman–Crippen LogP) is 1.95. The Morgan fingerprint density at radius 1 is 1.42 bits per heavy atom. The SMILES string of the molecule is COc1cc([N+](=O)[O-])ccc1N1CCC(C)(O)CC1. The number of nitro groups is 1. The summed E-state index contributed by atoms with van der Waals surface area (Å²) >= 11 is 0. The van der Waals surface area contributed by atoms with Crippen molar-refractivity contribution in [1.29, 1.82) is 0 Å². The van der Waals surface area contributed by atoms with Gasteiger partial charge in [-0.3, -0.25) is 10.1 Å². The summed E-state index contributed by atoms with van der Waals surface area (Å²) in [5, 5.41) is 20.7. The van der Waals surface area contributed by atoms with Crippen LogP contribution in [0.1, 0.15) is 19.8 Å². The van der Waals surface area contributed by atoms with Crippen LogP contribution < -0.4 is 9.64 Å². The molecule has 1 saturated heterocycles. The van der Waals surface area contributed by atoms with Crippen molar-refractivity contribution in [2.75, 3.05) is 25.1 Å². The molecule has 1 fully saturated rings. The van der Waals surface area contributed by atoms with Crippen molar-refractivity contribution >= 4 is 11.4 Å². The Labute approximate surface area is 111 Å². The number of nitrogens with zero attached hydrogens (tertiary/aromatic N) is 2. The third kappa shape index (κ3) is 2.96. The minimum Gasteiger partial charge on any atom is -0.494 e. The molecular weight excluding hydrogens is 248 g/mol. The quantitative estimate of drug-likeness (QED) is 0.668. The van der Waals surface area contributed by atoms with Gasteiger partial charge in [-0.1, -0.05) is 0 Å². The molecule has 6 heteroatoms. The molecule has 1 aromatic carbocycles. The molecule has 1 aromatic rings. The molecule has 104 valence electrons.